The largest absolute Gasteiger partial charge is 0.319 e. The molecule has 0 aromatic rings. The predicted octanol–water partition coefficient (Wildman–Crippen LogP) is 2.70. The Morgan fingerprint density at radius 3 is 2.92 bits per heavy atom. The lowest BCUT2D eigenvalue weighted by molar-refractivity contribution is -0.125. The lowest BCUT2D eigenvalue weighted by Crippen LogP contribution is -2.17. The molecule has 13 heavy (non-hydrogen) atoms. The van der Waals surface area contributed by atoms with Crippen LogP contribution in [-0.4, -0.2) is 17.4 Å². The Kier molecular flexibility index (Phi) is 4.58. The molecule has 0 N–H and O–H groups in total. The van der Waals surface area contributed by atoms with Gasteiger partial charge in [-0.15, -0.1) is 0 Å². The molecule has 0 unspecified atom stereocenters. The van der Waals surface area contributed by atoms with Crippen molar-refractivity contribution in [2.45, 2.75) is 45.4 Å². The van der Waals surface area contributed by atoms with Crippen molar-refractivity contribution < 1.29 is 4.79 Å². The van der Waals surface area contributed by atoms with E-state index in [9.17, 15) is 4.79 Å². The molecule has 1 aliphatic rings. The molecular formula is C11H19NO. The minimum atomic E-state index is 0.284. The van der Waals surface area contributed by atoms with Gasteiger partial charge in [0, 0.05) is 19.2 Å². The maximum absolute atomic E-state index is 11.2. The Bertz CT molecular complexity index is 187. The number of amides is 1. The number of carbonyl (C=O) groups excluding carboxylic acids is 1. The molecule has 0 aliphatic carbocycles. The quantitative estimate of drug-likeness (QED) is 0.597. The highest BCUT2D eigenvalue weighted by atomic mass is 16.2. The van der Waals surface area contributed by atoms with E-state index in [0.29, 0.717) is 0 Å². The van der Waals surface area contributed by atoms with Crippen molar-refractivity contribution in [2.24, 2.45) is 0 Å². The topological polar surface area (TPSA) is 20.3 Å². The van der Waals surface area contributed by atoms with Gasteiger partial charge in [0.05, 0.1) is 0 Å². The van der Waals surface area contributed by atoms with Gasteiger partial charge in [0.25, 0.3) is 0 Å². The smallest absolute Gasteiger partial charge is 0.226 e. The zero-order chi connectivity index (χ0) is 9.52. The number of hydrogen-bond acceptors (Lipinski definition) is 1. The minimum absolute atomic E-state index is 0.284. The Morgan fingerprint density at radius 2 is 2.31 bits per heavy atom. The van der Waals surface area contributed by atoms with E-state index >= 15 is 0 Å². The first-order chi connectivity index (χ1) is 6.34. The summed E-state index contributed by atoms with van der Waals surface area (Å²) in [6.45, 7) is 3.12. The molecule has 0 saturated carbocycles. The summed E-state index contributed by atoms with van der Waals surface area (Å²) in [5.74, 6) is 0.284. The fraction of sp³-hybridized carbons (Fsp3) is 0.727. The average molecular weight is 181 g/mol. The summed E-state index contributed by atoms with van der Waals surface area (Å²) in [4.78, 5) is 13.0. The zero-order valence-electron chi connectivity index (χ0n) is 8.46. The Balaban J connectivity index is 2.12. The maximum Gasteiger partial charge on any atom is 0.226 e. The summed E-state index contributed by atoms with van der Waals surface area (Å²) in [5, 5.41) is 0. The van der Waals surface area contributed by atoms with Crippen molar-refractivity contribution in [2.75, 3.05) is 6.54 Å². The SMILES string of the molecule is CCCCCC=CN1CCCC1=O. The summed E-state index contributed by atoms with van der Waals surface area (Å²) in [6.07, 6.45) is 10.8. The van der Waals surface area contributed by atoms with Gasteiger partial charge in [-0.2, -0.15) is 0 Å². The molecule has 0 bridgehead atoms. The standard InChI is InChI=1S/C11H19NO/c1-2-3-4-5-6-9-12-10-7-8-11(12)13/h6,9H,2-5,7-8,10H2,1H3. The fourth-order valence-electron chi connectivity index (χ4n) is 1.54. The van der Waals surface area contributed by atoms with Crippen LogP contribution in [0.3, 0.4) is 0 Å². The number of likely N-dealkylation sites (tertiary alicyclic amines) is 1. The second-order valence-electron chi connectivity index (χ2n) is 3.57. The van der Waals surface area contributed by atoms with Crippen LogP contribution < -0.4 is 0 Å². The third-order valence-electron chi connectivity index (χ3n) is 2.37. The zero-order valence-corrected chi connectivity index (χ0v) is 8.46. The van der Waals surface area contributed by atoms with Crippen LogP contribution in [0, 0.1) is 0 Å². The van der Waals surface area contributed by atoms with Crippen LogP contribution in [0.15, 0.2) is 12.3 Å². The van der Waals surface area contributed by atoms with Gasteiger partial charge in [-0.3, -0.25) is 4.79 Å². The average Bonchev–Trinajstić information content (AvgIpc) is 2.52. The van der Waals surface area contributed by atoms with Crippen LogP contribution in [-0.2, 0) is 4.79 Å². The van der Waals surface area contributed by atoms with Crippen molar-refractivity contribution in [3.05, 3.63) is 12.3 Å². The van der Waals surface area contributed by atoms with E-state index in [-0.39, 0.29) is 5.91 Å². The molecule has 0 aromatic carbocycles. The first-order valence-electron chi connectivity index (χ1n) is 5.30. The highest BCUT2D eigenvalue weighted by molar-refractivity contribution is 5.79. The second-order valence-corrected chi connectivity index (χ2v) is 3.57. The van der Waals surface area contributed by atoms with Gasteiger partial charge in [0.1, 0.15) is 0 Å². The summed E-state index contributed by atoms with van der Waals surface area (Å²) < 4.78 is 0. The molecule has 1 rings (SSSR count). The Hall–Kier alpha value is -0.790. The molecular weight excluding hydrogens is 162 g/mol. The number of allylic oxidation sites excluding steroid dienone is 1. The van der Waals surface area contributed by atoms with E-state index in [2.05, 4.69) is 13.0 Å². The molecule has 1 fully saturated rings. The van der Waals surface area contributed by atoms with Crippen LogP contribution >= 0.6 is 0 Å². The highest BCUT2D eigenvalue weighted by Crippen LogP contribution is 2.10. The number of hydrogen-bond donors (Lipinski definition) is 0. The summed E-state index contributed by atoms with van der Waals surface area (Å²) in [6, 6.07) is 0. The Labute approximate surface area is 80.6 Å². The van der Waals surface area contributed by atoms with E-state index in [1.165, 1.54) is 19.3 Å². The van der Waals surface area contributed by atoms with E-state index in [4.69, 9.17) is 0 Å². The van der Waals surface area contributed by atoms with Crippen molar-refractivity contribution in [3.8, 4) is 0 Å². The van der Waals surface area contributed by atoms with Crippen LogP contribution in [0.1, 0.15) is 45.4 Å². The van der Waals surface area contributed by atoms with Gasteiger partial charge in [0.15, 0.2) is 0 Å². The van der Waals surface area contributed by atoms with Gasteiger partial charge < -0.3 is 4.90 Å². The van der Waals surface area contributed by atoms with Gasteiger partial charge >= 0.3 is 0 Å². The minimum Gasteiger partial charge on any atom is -0.319 e. The molecule has 0 spiro atoms. The Morgan fingerprint density at radius 1 is 1.46 bits per heavy atom. The van der Waals surface area contributed by atoms with Crippen LogP contribution in [0.5, 0.6) is 0 Å². The molecule has 0 aromatic heterocycles. The first-order valence-corrected chi connectivity index (χ1v) is 5.30. The van der Waals surface area contributed by atoms with Crippen molar-refractivity contribution in [1.29, 1.82) is 0 Å². The molecule has 1 amide bonds. The third-order valence-corrected chi connectivity index (χ3v) is 2.37. The predicted molar refractivity (Wildman–Crippen MR) is 54.2 cm³/mol. The molecule has 0 atom stereocenters. The summed E-state index contributed by atoms with van der Waals surface area (Å²) in [5.41, 5.74) is 0. The molecule has 1 aliphatic heterocycles. The molecule has 0 radical (unpaired) electrons. The van der Waals surface area contributed by atoms with Crippen molar-refractivity contribution in [1.82, 2.24) is 4.90 Å². The van der Waals surface area contributed by atoms with Crippen LogP contribution in [0.25, 0.3) is 0 Å². The van der Waals surface area contributed by atoms with E-state index in [0.717, 1.165) is 25.8 Å². The third kappa shape index (κ3) is 3.62. The van der Waals surface area contributed by atoms with Crippen molar-refractivity contribution >= 4 is 5.91 Å². The number of rotatable bonds is 5. The van der Waals surface area contributed by atoms with E-state index in [1.807, 2.05) is 11.1 Å². The van der Waals surface area contributed by atoms with E-state index in [1.54, 1.807) is 0 Å². The number of unbranched alkanes of at least 4 members (excludes halogenated alkanes) is 3. The van der Waals surface area contributed by atoms with E-state index < -0.39 is 0 Å². The molecule has 2 heteroatoms. The second kappa shape index (κ2) is 5.79. The monoisotopic (exact) mass is 181 g/mol. The normalized spacial score (nSPS) is 17.6. The fourth-order valence-corrected chi connectivity index (χ4v) is 1.54. The van der Waals surface area contributed by atoms with Crippen molar-refractivity contribution in [3.63, 3.8) is 0 Å². The molecule has 2 nitrogen and oxygen atoms in total. The molecule has 1 saturated heterocycles. The lowest BCUT2D eigenvalue weighted by atomic mass is 10.2. The number of nitrogens with zero attached hydrogens (tertiary/aromatic N) is 1. The highest BCUT2D eigenvalue weighted by Gasteiger charge is 2.16. The van der Waals surface area contributed by atoms with Gasteiger partial charge in [-0.05, 0) is 19.3 Å². The van der Waals surface area contributed by atoms with Gasteiger partial charge in [-0.25, -0.2) is 0 Å². The van der Waals surface area contributed by atoms with Crippen LogP contribution in [0.4, 0.5) is 0 Å². The van der Waals surface area contributed by atoms with Crippen LogP contribution in [0.2, 0.25) is 0 Å². The first kappa shape index (κ1) is 10.3. The molecule has 1 heterocycles. The maximum atomic E-state index is 11.2. The van der Waals surface area contributed by atoms with Gasteiger partial charge in [-0.1, -0.05) is 25.8 Å². The lowest BCUT2D eigenvalue weighted by Gasteiger charge is -2.07. The summed E-state index contributed by atoms with van der Waals surface area (Å²) in [7, 11) is 0. The van der Waals surface area contributed by atoms with Gasteiger partial charge in [0.2, 0.25) is 5.91 Å². The summed E-state index contributed by atoms with van der Waals surface area (Å²) >= 11 is 0. The molecule has 74 valence electrons. The number of carbonyl (C=O) groups is 1.